The second-order valence-electron chi connectivity index (χ2n) is 6.29. The van der Waals surface area contributed by atoms with E-state index in [9.17, 15) is 4.39 Å². The molecule has 3 rings (SSSR count). The van der Waals surface area contributed by atoms with E-state index in [0.29, 0.717) is 12.0 Å². The predicted octanol–water partition coefficient (Wildman–Crippen LogP) is 4.04. The molecule has 1 fully saturated rings. The van der Waals surface area contributed by atoms with Gasteiger partial charge in [0.15, 0.2) is 0 Å². The van der Waals surface area contributed by atoms with Gasteiger partial charge in [0.05, 0.1) is 0 Å². The number of anilines is 2. The molecule has 0 bridgehead atoms. The summed E-state index contributed by atoms with van der Waals surface area (Å²) in [5.41, 5.74) is 1.10. The molecular weight excluding hydrogens is 303 g/mol. The maximum absolute atomic E-state index is 12.9. The highest BCUT2D eigenvalue weighted by atomic mass is 19.1. The van der Waals surface area contributed by atoms with Crippen LogP contribution in [0.15, 0.2) is 36.5 Å². The van der Waals surface area contributed by atoms with Crippen LogP contribution < -0.4 is 10.2 Å². The predicted molar refractivity (Wildman–Crippen MR) is 95.9 cm³/mol. The molecule has 0 amide bonds. The highest BCUT2D eigenvalue weighted by molar-refractivity contribution is 5.44. The molecule has 2 aromatic rings. The van der Waals surface area contributed by atoms with E-state index in [-0.39, 0.29) is 5.82 Å². The van der Waals surface area contributed by atoms with Crippen LogP contribution in [0.3, 0.4) is 0 Å². The Hall–Kier alpha value is -2.17. The summed E-state index contributed by atoms with van der Waals surface area (Å²) < 4.78 is 12.9. The van der Waals surface area contributed by atoms with E-state index in [1.54, 1.807) is 0 Å². The van der Waals surface area contributed by atoms with Gasteiger partial charge in [0.25, 0.3) is 0 Å². The standard InChI is InChI=1S/C19H25FN4/c1-2-17-5-3-4-14-24(17)18-11-13-22-19(23-18)21-12-10-15-6-8-16(20)9-7-15/h6-9,11,13,17H,2-5,10,12,14H2,1H3,(H,21,22,23). The first-order chi connectivity index (χ1) is 11.8. The second-order valence-corrected chi connectivity index (χ2v) is 6.29. The van der Waals surface area contributed by atoms with Crippen molar-refractivity contribution in [3.8, 4) is 0 Å². The van der Waals surface area contributed by atoms with Crippen LogP contribution in [0.4, 0.5) is 16.2 Å². The lowest BCUT2D eigenvalue weighted by Crippen LogP contribution is -2.39. The lowest BCUT2D eigenvalue weighted by Gasteiger charge is -2.36. The third kappa shape index (κ3) is 4.22. The van der Waals surface area contributed by atoms with Crippen LogP contribution in [-0.4, -0.2) is 29.1 Å². The van der Waals surface area contributed by atoms with Crippen LogP contribution >= 0.6 is 0 Å². The van der Waals surface area contributed by atoms with E-state index in [1.165, 1.54) is 31.4 Å². The Morgan fingerprint density at radius 2 is 2.04 bits per heavy atom. The van der Waals surface area contributed by atoms with Gasteiger partial charge < -0.3 is 10.2 Å². The van der Waals surface area contributed by atoms with Crippen molar-refractivity contribution in [2.75, 3.05) is 23.3 Å². The van der Waals surface area contributed by atoms with Gasteiger partial charge in [0.1, 0.15) is 11.6 Å². The first kappa shape index (κ1) is 16.7. The van der Waals surface area contributed by atoms with Crippen molar-refractivity contribution >= 4 is 11.8 Å². The zero-order valence-electron chi connectivity index (χ0n) is 14.2. The molecule has 2 heterocycles. The smallest absolute Gasteiger partial charge is 0.224 e. The molecule has 1 aromatic carbocycles. The summed E-state index contributed by atoms with van der Waals surface area (Å²) in [6, 6.07) is 9.20. The molecule has 1 N–H and O–H groups in total. The summed E-state index contributed by atoms with van der Waals surface area (Å²) >= 11 is 0. The number of halogens is 1. The van der Waals surface area contributed by atoms with E-state index in [2.05, 4.69) is 27.1 Å². The molecule has 1 aromatic heterocycles. The van der Waals surface area contributed by atoms with Gasteiger partial charge in [-0.2, -0.15) is 4.98 Å². The van der Waals surface area contributed by atoms with Crippen molar-refractivity contribution in [1.29, 1.82) is 0 Å². The minimum atomic E-state index is -0.199. The van der Waals surface area contributed by atoms with Crippen LogP contribution in [0.2, 0.25) is 0 Å². The zero-order valence-corrected chi connectivity index (χ0v) is 14.2. The Kier molecular flexibility index (Phi) is 5.62. The molecule has 0 aliphatic carbocycles. The van der Waals surface area contributed by atoms with Gasteiger partial charge in [-0.15, -0.1) is 0 Å². The van der Waals surface area contributed by atoms with E-state index < -0.39 is 0 Å². The summed E-state index contributed by atoms with van der Waals surface area (Å²) in [5.74, 6) is 1.48. The lowest BCUT2D eigenvalue weighted by molar-refractivity contribution is 0.447. The number of aromatic nitrogens is 2. The first-order valence-electron chi connectivity index (χ1n) is 8.84. The molecule has 0 saturated carbocycles. The highest BCUT2D eigenvalue weighted by Gasteiger charge is 2.22. The Bertz CT molecular complexity index is 644. The highest BCUT2D eigenvalue weighted by Crippen LogP contribution is 2.25. The zero-order chi connectivity index (χ0) is 16.8. The number of nitrogens with zero attached hydrogens (tertiary/aromatic N) is 3. The maximum atomic E-state index is 12.9. The minimum Gasteiger partial charge on any atom is -0.354 e. The van der Waals surface area contributed by atoms with Gasteiger partial charge >= 0.3 is 0 Å². The largest absolute Gasteiger partial charge is 0.354 e. The van der Waals surface area contributed by atoms with Crippen molar-refractivity contribution in [3.05, 3.63) is 47.9 Å². The molecule has 24 heavy (non-hydrogen) atoms. The summed E-state index contributed by atoms with van der Waals surface area (Å²) in [4.78, 5) is 11.4. The van der Waals surface area contributed by atoms with E-state index >= 15 is 0 Å². The summed E-state index contributed by atoms with van der Waals surface area (Å²) in [6.45, 7) is 4.04. The van der Waals surface area contributed by atoms with Gasteiger partial charge in [-0.1, -0.05) is 19.1 Å². The molecule has 1 unspecified atom stereocenters. The molecule has 1 aliphatic heterocycles. The fraction of sp³-hybridized carbons (Fsp3) is 0.474. The Balaban J connectivity index is 1.59. The number of benzene rings is 1. The Morgan fingerprint density at radius 3 is 2.83 bits per heavy atom. The average molecular weight is 328 g/mol. The van der Waals surface area contributed by atoms with Crippen LogP contribution in [0.5, 0.6) is 0 Å². The summed E-state index contributed by atoms with van der Waals surface area (Å²) in [7, 11) is 0. The van der Waals surface area contributed by atoms with Gasteiger partial charge in [-0.3, -0.25) is 0 Å². The average Bonchev–Trinajstić information content (AvgIpc) is 2.63. The Labute approximate surface area is 143 Å². The van der Waals surface area contributed by atoms with Gasteiger partial charge in [-0.05, 0) is 55.9 Å². The normalized spacial score (nSPS) is 17.8. The molecule has 1 saturated heterocycles. The quantitative estimate of drug-likeness (QED) is 0.869. The van der Waals surface area contributed by atoms with Gasteiger partial charge in [0, 0.05) is 25.3 Å². The van der Waals surface area contributed by atoms with Crippen molar-refractivity contribution in [2.24, 2.45) is 0 Å². The minimum absolute atomic E-state index is 0.199. The molecule has 128 valence electrons. The van der Waals surface area contributed by atoms with E-state index in [0.717, 1.165) is 37.3 Å². The Morgan fingerprint density at radius 1 is 1.21 bits per heavy atom. The van der Waals surface area contributed by atoms with Crippen molar-refractivity contribution in [3.63, 3.8) is 0 Å². The van der Waals surface area contributed by atoms with Crippen molar-refractivity contribution < 1.29 is 4.39 Å². The van der Waals surface area contributed by atoms with Gasteiger partial charge in [-0.25, -0.2) is 9.37 Å². The summed E-state index contributed by atoms with van der Waals surface area (Å²) in [6.07, 6.45) is 7.57. The monoisotopic (exact) mass is 328 g/mol. The fourth-order valence-corrected chi connectivity index (χ4v) is 3.29. The lowest BCUT2D eigenvalue weighted by atomic mass is 10.0. The molecule has 1 atom stereocenters. The van der Waals surface area contributed by atoms with E-state index in [1.807, 2.05) is 24.4 Å². The van der Waals surface area contributed by atoms with E-state index in [4.69, 9.17) is 0 Å². The SMILES string of the molecule is CCC1CCCCN1c1ccnc(NCCc2ccc(F)cc2)n1. The molecule has 5 heteroatoms. The number of hydrogen-bond donors (Lipinski definition) is 1. The molecular formula is C19H25FN4. The topological polar surface area (TPSA) is 41.1 Å². The van der Waals surface area contributed by atoms with Crippen LogP contribution in [-0.2, 0) is 6.42 Å². The number of hydrogen-bond acceptors (Lipinski definition) is 4. The maximum Gasteiger partial charge on any atom is 0.224 e. The first-order valence-corrected chi connectivity index (χ1v) is 8.84. The summed E-state index contributed by atoms with van der Waals surface area (Å²) in [5, 5.41) is 3.28. The fourth-order valence-electron chi connectivity index (χ4n) is 3.29. The van der Waals surface area contributed by atoms with Crippen molar-refractivity contribution in [1.82, 2.24) is 9.97 Å². The second kappa shape index (κ2) is 8.08. The number of rotatable bonds is 6. The third-order valence-electron chi connectivity index (χ3n) is 4.64. The van der Waals surface area contributed by atoms with Gasteiger partial charge in [0.2, 0.25) is 5.95 Å². The van der Waals surface area contributed by atoms with Crippen LogP contribution in [0, 0.1) is 5.82 Å². The molecule has 0 radical (unpaired) electrons. The van der Waals surface area contributed by atoms with Crippen LogP contribution in [0.25, 0.3) is 0 Å². The number of piperidine rings is 1. The molecule has 4 nitrogen and oxygen atoms in total. The third-order valence-corrected chi connectivity index (χ3v) is 4.64. The van der Waals surface area contributed by atoms with Crippen LogP contribution in [0.1, 0.15) is 38.2 Å². The number of nitrogens with one attached hydrogen (secondary N) is 1. The molecule has 1 aliphatic rings. The van der Waals surface area contributed by atoms with Crippen molar-refractivity contribution in [2.45, 2.75) is 45.1 Å². The molecule has 0 spiro atoms.